The highest BCUT2D eigenvalue weighted by atomic mass is 16.2. The third-order valence-electron chi connectivity index (χ3n) is 4.46. The second kappa shape index (κ2) is 7.47. The van der Waals surface area contributed by atoms with Gasteiger partial charge in [0.2, 0.25) is 0 Å². The molecule has 2 amide bonds. The minimum absolute atomic E-state index is 0.100. The van der Waals surface area contributed by atoms with E-state index in [2.05, 4.69) is 17.2 Å². The summed E-state index contributed by atoms with van der Waals surface area (Å²) in [5.41, 5.74) is 2.57. The molecule has 5 nitrogen and oxygen atoms in total. The van der Waals surface area contributed by atoms with Crippen LogP contribution < -0.4 is 5.32 Å². The molecule has 1 atom stereocenters. The van der Waals surface area contributed by atoms with Crippen LogP contribution in [0.4, 0.5) is 5.69 Å². The number of pyridine rings is 1. The molecule has 130 valence electrons. The first-order chi connectivity index (χ1) is 12.0. The number of aromatic nitrogens is 1. The van der Waals surface area contributed by atoms with Gasteiger partial charge in [-0.1, -0.05) is 19.1 Å². The van der Waals surface area contributed by atoms with Crippen LogP contribution in [0, 0.1) is 12.8 Å². The maximum atomic E-state index is 12.7. The van der Waals surface area contributed by atoms with Crippen molar-refractivity contribution in [1.29, 1.82) is 0 Å². The van der Waals surface area contributed by atoms with Crippen molar-refractivity contribution in [2.45, 2.75) is 26.7 Å². The molecule has 2 aromatic rings. The fraction of sp³-hybridized carbons (Fsp3) is 0.350. The number of hydrogen-bond donors (Lipinski definition) is 1. The highest BCUT2D eigenvalue weighted by Crippen LogP contribution is 2.18. The molecule has 25 heavy (non-hydrogen) atoms. The second-order valence-corrected chi connectivity index (χ2v) is 6.75. The molecule has 1 aromatic heterocycles. The van der Waals surface area contributed by atoms with Crippen molar-refractivity contribution in [2.75, 3.05) is 18.4 Å². The second-order valence-electron chi connectivity index (χ2n) is 6.75. The summed E-state index contributed by atoms with van der Waals surface area (Å²) < 4.78 is 0. The number of nitrogens with one attached hydrogen (secondary N) is 1. The van der Waals surface area contributed by atoms with E-state index in [1.54, 1.807) is 12.1 Å². The molecule has 1 aliphatic heterocycles. The lowest BCUT2D eigenvalue weighted by molar-refractivity contribution is 0.0677. The Bertz CT molecular complexity index is 788. The first-order valence-electron chi connectivity index (χ1n) is 8.66. The number of nitrogens with zero attached hydrogens (tertiary/aromatic N) is 2. The van der Waals surface area contributed by atoms with Crippen molar-refractivity contribution in [3.05, 3.63) is 59.4 Å². The molecule has 3 rings (SSSR count). The molecule has 0 aliphatic carbocycles. The molecular formula is C20H23N3O2. The van der Waals surface area contributed by atoms with Crippen LogP contribution in [0.2, 0.25) is 0 Å². The van der Waals surface area contributed by atoms with Gasteiger partial charge in [-0.2, -0.15) is 0 Å². The van der Waals surface area contributed by atoms with E-state index in [4.69, 9.17) is 0 Å². The number of amides is 2. The zero-order valence-corrected chi connectivity index (χ0v) is 14.7. The maximum Gasteiger partial charge on any atom is 0.272 e. The van der Waals surface area contributed by atoms with Crippen molar-refractivity contribution < 1.29 is 9.59 Å². The Morgan fingerprint density at radius 2 is 2.08 bits per heavy atom. The first-order valence-corrected chi connectivity index (χ1v) is 8.66. The number of rotatable bonds is 3. The minimum atomic E-state index is -0.242. The van der Waals surface area contributed by atoms with E-state index in [1.165, 1.54) is 6.20 Å². The number of piperidine rings is 1. The number of carbonyl (C=O) groups is 2. The lowest BCUT2D eigenvalue weighted by Gasteiger charge is -2.30. The average Bonchev–Trinajstić information content (AvgIpc) is 2.61. The van der Waals surface area contributed by atoms with Gasteiger partial charge in [0, 0.05) is 30.5 Å². The molecule has 2 heterocycles. The summed E-state index contributed by atoms with van der Waals surface area (Å²) in [6, 6.07) is 10.8. The van der Waals surface area contributed by atoms with Crippen LogP contribution in [0.5, 0.6) is 0 Å². The van der Waals surface area contributed by atoms with E-state index in [1.807, 2.05) is 36.1 Å². The van der Waals surface area contributed by atoms with E-state index >= 15 is 0 Å². The molecule has 0 bridgehead atoms. The first kappa shape index (κ1) is 17.1. The van der Waals surface area contributed by atoms with E-state index in [0.717, 1.165) is 37.2 Å². The van der Waals surface area contributed by atoms with Gasteiger partial charge in [0.1, 0.15) is 5.69 Å². The van der Waals surface area contributed by atoms with Crippen LogP contribution in [0.25, 0.3) is 0 Å². The molecule has 1 N–H and O–H groups in total. The number of benzene rings is 1. The molecule has 1 aliphatic rings. The summed E-state index contributed by atoms with van der Waals surface area (Å²) in [5, 5.41) is 2.86. The number of likely N-dealkylation sites (tertiary alicyclic amines) is 1. The SMILES string of the molecule is Cc1cccc(NC(=O)c2ccnc(C(=O)N3CCCC(C)C3)c2)c1. The molecule has 1 fully saturated rings. The van der Waals surface area contributed by atoms with Crippen molar-refractivity contribution in [3.63, 3.8) is 0 Å². The van der Waals surface area contributed by atoms with Gasteiger partial charge in [-0.25, -0.2) is 0 Å². The topological polar surface area (TPSA) is 62.3 Å². The van der Waals surface area contributed by atoms with Crippen molar-refractivity contribution in [2.24, 2.45) is 5.92 Å². The van der Waals surface area contributed by atoms with Gasteiger partial charge in [-0.3, -0.25) is 14.6 Å². The number of hydrogen-bond acceptors (Lipinski definition) is 3. The van der Waals surface area contributed by atoms with Gasteiger partial charge >= 0.3 is 0 Å². The molecular weight excluding hydrogens is 314 g/mol. The quantitative estimate of drug-likeness (QED) is 0.932. The average molecular weight is 337 g/mol. The van der Waals surface area contributed by atoms with Crippen molar-refractivity contribution >= 4 is 17.5 Å². The third-order valence-corrected chi connectivity index (χ3v) is 4.46. The number of carbonyl (C=O) groups excluding carboxylic acids is 2. The van der Waals surface area contributed by atoms with E-state index in [9.17, 15) is 9.59 Å². The fourth-order valence-corrected chi connectivity index (χ4v) is 3.15. The largest absolute Gasteiger partial charge is 0.337 e. The molecule has 1 unspecified atom stereocenters. The van der Waals surface area contributed by atoms with Crippen LogP contribution >= 0.6 is 0 Å². The van der Waals surface area contributed by atoms with Crippen LogP contribution in [-0.4, -0.2) is 34.8 Å². The Balaban J connectivity index is 1.74. The lowest BCUT2D eigenvalue weighted by Crippen LogP contribution is -2.39. The summed E-state index contributed by atoms with van der Waals surface area (Å²) >= 11 is 0. The van der Waals surface area contributed by atoms with Crippen LogP contribution in [-0.2, 0) is 0 Å². The highest BCUT2D eigenvalue weighted by Gasteiger charge is 2.23. The third kappa shape index (κ3) is 4.24. The molecule has 0 spiro atoms. The molecule has 0 saturated carbocycles. The smallest absolute Gasteiger partial charge is 0.272 e. The van der Waals surface area contributed by atoms with E-state index in [-0.39, 0.29) is 11.8 Å². The molecule has 1 aromatic carbocycles. The standard InChI is InChI=1S/C20H23N3O2/c1-14-5-3-7-17(11-14)22-19(24)16-8-9-21-18(12-16)20(25)23-10-4-6-15(2)13-23/h3,5,7-9,11-12,15H,4,6,10,13H2,1-2H3,(H,22,24). The molecule has 5 heteroatoms. The van der Waals surface area contributed by atoms with Crippen LogP contribution in [0.1, 0.15) is 46.2 Å². The Hall–Kier alpha value is -2.69. The van der Waals surface area contributed by atoms with Crippen LogP contribution in [0.3, 0.4) is 0 Å². The van der Waals surface area contributed by atoms with Gasteiger partial charge in [-0.15, -0.1) is 0 Å². The molecule has 1 saturated heterocycles. The zero-order chi connectivity index (χ0) is 17.8. The number of anilines is 1. The normalized spacial score (nSPS) is 17.2. The Labute approximate surface area is 148 Å². The lowest BCUT2D eigenvalue weighted by atomic mass is 10.00. The predicted octanol–water partition coefficient (Wildman–Crippen LogP) is 3.51. The predicted molar refractivity (Wildman–Crippen MR) is 97.7 cm³/mol. The Morgan fingerprint density at radius 3 is 2.84 bits per heavy atom. The van der Waals surface area contributed by atoms with Crippen molar-refractivity contribution in [3.8, 4) is 0 Å². The summed E-state index contributed by atoms with van der Waals surface area (Å²) in [5.74, 6) is 0.163. The number of aryl methyl sites for hydroxylation is 1. The minimum Gasteiger partial charge on any atom is -0.337 e. The van der Waals surface area contributed by atoms with Gasteiger partial charge in [0.15, 0.2) is 0 Å². The Kier molecular flexibility index (Phi) is 5.12. The molecule has 0 radical (unpaired) electrons. The van der Waals surface area contributed by atoms with Gasteiger partial charge in [-0.05, 0) is 55.5 Å². The van der Waals surface area contributed by atoms with Gasteiger partial charge in [0.05, 0.1) is 0 Å². The van der Waals surface area contributed by atoms with Gasteiger partial charge < -0.3 is 10.2 Å². The monoisotopic (exact) mass is 337 g/mol. The van der Waals surface area contributed by atoms with E-state index < -0.39 is 0 Å². The van der Waals surface area contributed by atoms with Crippen molar-refractivity contribution in [1.82, 2.24) is 9.88 Å². The summed E-state index contributed by atoms with van der Waals surface area (Å²) in [4.78, 5) is 31.1. The fourth-order valence-electron chi connectivity index (χ4n) is 3.15. The maximum absolute atomic E-state index is 12.7. The summed E-state index contributed by atoms with van der Waals surface area (Å²) in [6.45, 7) is 5.63. The highest BCUT2D eigenvalue weighted by molar-refractivity contribution is 6.05. The summed E-state index contributed by atoms with van der Waals surface area (Å²) in [6.07, 6.45) is 3.68. The Morgan fingerprint density at radius 1 is 1.24 bits per heavy atom. The van der Waals surface area contributed by atoms with E-state index in [0.29, 0.717) is 17.2 Å². The van der Waals surface area contributed by atoms with Crippen LogP contribution in [0.15, 0.2) is 42.6 Å². The van der Waals surface area contributed by atoms with Gasteiger partial charge in [0.25, 0.3) is 11.8 Å². The zero-order valence-electron chi connectivity index (χ0n) is 14.7. The summed E-state index contributed by atoms with van der Waals surface area (Å²) in [7, 11) is 0.